The lowest BCUT2D eigenvalue weighted by Crippen LogP contribution is -2.35. The molecule has 0 aliphatic carbocycles. The Hall–Kier alpha value is -2.95. The van der Waals surface area contributed by atoms with Gasteiger partial charge in [0, 0.05) is 30.6 Å². The Morgan fingerprint density at radius 2 is 1.93 bits per heavy atom. The fourth-order valence-electron chi connectivity index (χ4n) is 3.75. The molecule has 2 heterocycles. The van der Waals surface area contributed by atoms with E-state index >= 15 is 0 Å². The minimum Gasteiger partial charge on any atom is -0.444 e. The van der Waals surface area contributed by atoms with Crippen molar-refractivity contribution in [2.45, 2.75) is 38.7 Å². The van der Waals surface area contributed by atoms with Gasteiger partial charge in [0.25, 0.3) is 0 Å². The number of carbonyl (C=O) groups excluding carboxylic acids is 1. The van der Waals surface area contributed by atoms with Crippen LogP contribution in [-0.2, 0) is 4.74 Å². The molecule has 5 heteroatoms. The second kappa shape index (κ2) is 7.23. The number of amides is 1. The molecule has 1 saturated heterocycles. The van der Waals surface area contributed by atoms with Crippen LogP contribution in [0.5, 0.6) is 0 Å². The number of aromatic nitrogens is 2. The van der Waals surface area contributed by atoms with Crippen LogP contribution < -0.4 is 0 Å². The first-order valence-corrected chi connectivity index (χ1v) is 9.68. The minimum atomic E-state index is -0.484. The number of nitrogens with zero attached hydrogens (tertiary/aromatic N) is 3. The molecule has 1 amide bonds. The third-order valence-corrected chi connectivity index (χ3v) is 5.02. The van der Waals surface area contributed by atoms with Crippen LogP contribution in [0.15, 0.2) is 55.0 Å². The fraction of sp³-hybridized carbons (Fsp3) is 0.348. The lowest BCUT2D eigenvalue weighted by Gasteiger charge is -2.24. The van der Waals surface area contributed by atoms with Gasteiger partial charge >= 0.3 is 6.09 Å². The van der Waals surface area contributed by atoms with Gasteiger partial charge in [-0.15, -0.1) is 0 Å². The zero-order chi connectivity index (χ0) is 19.7. The third-order valence-electron chi connectivity index (χ3n) is 5.02. The van der Waals surface area contributed by atoms with Crippen LogP contribution in [0.25, 0.3) is 22.0 Å². The summed E-state index contributed by atoms with van der Waals surface area (Å²) >= 11 is 0. The van der Waals surface area contributed by atoms with Crippen molar-refractivity contribution in [3.8, 4) is 11.1 Å². The van der Waals surface area contributed by atoms with Crippen LogP contribution in [0.3, 0.4) is 0 Å². The topological polar surface area (TPSA) is 55.3 Å². The number of hydrogen-bond acceptors (Lipinski definition) is 4. The van der Waals surface area contributed by atoms with Crippen LogP contribution in [0.1, 0.15) is 38.7 Å². The molecule has 1 aliphatic heterocycles. The molecule has 5 nitrogen and oxygen atoms in total. The Bertz CT molecular complexity index is 996. The van der Waals surface area contributed by atoms with E-state index in [1.807, 2.05) is 45.2 Å². The molecule has 144 valence electrons. The number of benzene rings is 2. The molecule has 4 rings (SSSR count). The summed E-state index contributed by atoms with van der Waals surface area (Å²) < 4.78 is 5.55. The average molecular weight is 375 g/mol. The summed E-state index contributed by atoms with van der Waals surface area (Å²) in [5, 5.41) is 1.02. The zero-order valence-corrected chi connectivity index (χ0v) is 16.6. The predicted molar refractivity (Wildman–Crippen MR) is 110 cm³/mol. The van der Waals surface area contributed by atoms with Crippen molar-refractivity contribution < 1.29 is 9.53 Å². The molecular weight excluding hydrogens is 350 g/mol. The molecule has 3 aromatic rings. The standard InChI is InChI=1S/C23H25N3O2/c1-23(2,3)28-22(27)26-10-9-17(14-26)20-12-18(16-7-5-4-6-8-16)11-19-13-24-15-25-21(19)20/h4-8,11-13,15,17H,9-10,14H2,1-3H3. The summed E-state index contributed by atoms with van der Waals surface area (Å²) in [5.41, 5.74) is 3.96. The highest BCUT2D eigenvalue weighted by molar-refractivity contribution is 5.87. The summed E-state index contributed by atoms with van der Waals surface area (Å²) in [6.07, 6.45) is 4.11. The van der Waals surface area contributed by atoms with Crippen LogP contribution in [0, 0.1) is 0 Å². The first-order chi connectivity index (χ1) is 13.4. The van der Waals surface area contributed by atoms with Crippen molar-refractivity contribution in [2.24, 2.45) is 0 Å². The summed E-state index contributed by atoms with van der Waals surface area (Å²) in [5.74, 6) is 0.230. The number of ether oxygens (including phenoxy) is 1. The Balaban J connectivity index is 1.68. The van der Waals surface area contributed by atoms with Crippen molar-refractivity contribution in [1.29, 1.82) is 0 Å². The number of hydrogen-bond donors (Lipinski definition) is 0. The van der Waals surface area contributed by atoms with E-state index in [1.54, 1.807) is 11.2 Å². The number of carbonyl (C=O) groups is 1. The molecule has 28 heavy (non-hydrogen) atoms. The van der Waals surface area contributed by atoms with E-state index in [0.29, 0.717) is 13.1 Å². The van der Waals surface area contributed by atoms with Gasteiger partial charge in [-0.2, -0.15) is 0 Å². The van der Waals surface area contributed by atoms with Crippen LogP contribution in [0.2, 0.25) is 0 Å². The molecular formula is C23H25N3O2. The normalized spacial score (nSPS) is 17.1. The van der Waals surface area contributed by atoms with Gasteiger partial charge in [0.05, 0.1) is 5.52 Å². The summed E-state index contributed by atoms with van der Waals surface area (Å²) in [6, 6.07) is 14.7. The van der Waals surface area contributed by atoms with Crippen molar-refractivity contribution in [2.75, 3.05) is 13.1 Å². The maximum atomic E-state index is 12.5. The Labute approximate surface area is 165 Å². The van der Waals surface area contributed by atoms with Gasteiger partial charge in [-0.05, 0) is 56.0 Å². The van der Waals surface area contributed by atoms with Crippen molar-refractivity contribution in [3.05, 3.63) is 60.6 Å². The molecule has 1 aromatic heterocycles. The molecule has 1 aliphatic rings. The second-order valence-electron chi connectivity index (χ2n) is 8.30. The molecule has 1 unspecified atom stereocenters. The van der Waals surface area contributed by atoms with E-state index in [4.69, 9.17) is 4.74 Å². The molecule has 2 aromatic carbocycles. The maximum Gasteiger partial charge on any atom is 0.410 e. The van der Waals surface area contributed by atoms with Crippen LogP contribution in [0.4, 0.5) is 4.79 Å². The zero-order valence-electron chi connectivity index (χ0n) is 16.6. The molecule has 1 fully saturated rings. The van der Waals surface area contributed by atoms with Gasteiger partial charge in [0.2, 0.25) is 0 Å². The number of rotatable bonds is 2. The highest BCUT2D eigenvalue weighted by Gasteiger charge is 2.31. The first-order valence-electron chi connectivity index (χ1n) is 9.68. The third kappa shape index (κ3) is 3.84. The lowest BCUT2D eigenvalue weighted by atomic mass is 9.92. The molecule has 0 saturated carbocycles. The quantitative estimate of drug-likeness (QED) is 0.631. The average Bonchev–Trinajstić information content (AvgIpc) is 3.17. The van der Waals surface area contributed by atoms with E-state index in [0.717, 1.165) is 28.5 Å². The van der Waals surface area contributed by atoms with Gasteiger partial charge in [-0.25, -0.2) is 14.8 Å². The van der Waals surface area contributed by atoms with Gasteiger partial charge in [-0.3, -0.25) is 0 Å². The molecule has 0 spiro atoms. The van der Waals surface area contributed by atoms with Crippen LogP contribution in [-0.4, -0.2) is 39.7 Å². The summed E-state index contributed by atoms with van der Waals surface area (Å²) in [6.45, 7) is 7.03. The van der Waals surface area contributed by atoms with Gasteiger partial charge in [-0.1, -0.05) is 30.3 Å². The van der Waals surface area contributed by atoms with E-state index in [9.17, 15) is 4.79 Å². The smallest absolute Gasteiger partial charge is 0.410 e. The SMILES string of the molecule is CC(C)(C)OC(=O)N1CCC(c2cc(-c3ccccc3)cc3cncnc23)C1. The number of fused-ring (bicyclic) bond motifs is 1. The second-order valence-corrected chi connectivity index (χ2v) is 8.30. The fourth-order valence-corrected chi connectivity index (χ4v) is 3.75. The monoisotopic (exact) mass is 375 g/mol. The van der Waals surface area contributed by atoms with Crippen molar-refractivity contribution in [3.63, 3.8) is 0 Å². The molecule has 0 radical (unpaired) electrons. The van der Waals surface area contributed by atoms with E-state index in [-0.39, 0.29) is 12.0 Å². The minimum absolute atomic E-state index is 0.230. The highest BCUT2D eigenvalue weighted by atomic mass is 16.6. The maximum absolute atomic E-state index is 12.5. The van der Waals surface area contributed by atoms with Gasteiger partial charge in [0.15, 0.2) is 0 Å². The van der Waals surface area contributed by atoms with Crippen molar-refractivity contribution >= 4 is 17.0 Å². The summed E-state index contributed by atoms with van der Waals surface area (Å²) in [7, 11) is 0. The molecule has 0 N–H and O–H groups in total. The van der Waals surface area contributed by atoms with E-state index in [2.05, 4.69) is 34.2 Å². The Morgan fingerprint density at radius 1 is 1.14 bits per heavy atom. The van der Waals surface area contributed by atoms with Crippen molar-refractivity contribution in [1.82, 2.24) is 14.9 Å². The number of likely N-dealkylation sites (tertiary alicyclic amines) is 1. The molecule has 1 atom stereocenters. The van der Waals surface area contributed by atoms with E-state index in [1.165, 1.54) is 5.56 Å². The Kier molecular flexibility index (Phi) is 4.75. The van der Waals surface area contributed by atoms with E-state index < -0.39 is 5.60 Å². The largest absolute Gasteiger partial charge is 0.444 e. The predicted octanol–water partition coefficient (Wildman–Crippen LogP) is 5.02. The van der Waals surface area contributed by atoms with Crippen LogP contribution >= 0.6 is 0 Å². The van der Waals surface area contributed by atoms with Gasteiger partial charge < -0.3 is 9.64 Å². The summed E-state index contributed by atoms with van der Waals surface area (Å²) in [4.78, 5) is 23.0. The first kappa shape index (κ1) is 18.4. The lowest BCUT2D eigenvalue weighted by molar-refractivity contribution is 0.0292. The van der Waals surface area contributed by atoms with Gasteiger partial charge in [0.1, 0.15) is 11.9 Å². The molecule has 0 bridgehead atoms. The Morgan fingerprint density at radius 3 is 2.68 bits per heavy atom. The highest BCUT2D eigenvalue weighted by Crippen LogP contribution is 2.35.